The van der Waals surface area contributed by atoms with Gasteiger partial charge < -0.3 is 5.11 Å². The summed E-state index contributed by atoms with van der Waals surface area (Å²) in [4.78, 5) is 0. The highest BCUT2D eigenvalue weighted by Gasteiger charge is 2.42. The summed E-state index contributed by atoms with van der Waals surface area (Å²) >= 11 is 0.00470. The van der Waals surface area contributed by atoms with E-state index in [-0.39, 0.29) is 29.5 Å². The van der Waals surface area contributed by atoms with Crippen molar-refractivity contribution in [1.82, 2.24) is 0 Å². The summed E-state index contributed by atoms with van der Waals surface area (Å²) in [5.74, 6) is 0.0735. The Kier molecular flexibility index (Phi) is 2.93. The fourth-order valence-electron chi connectivity index (χ4n) is 1.05. The van der Waals surface area contributed by atoms with Gasteiger partial charge in [-0.25, -0.2) is 0 Å². The minimum Gasteiger partial charge on any atom is -0.396 e. The Morgan fingerprint density at radius 1 is 1.33 bits per heavy atom. The van der Waals surface area contributed by atoms with Gasteiger partial charge in [-0.15, -0.1) is 0 Å². The van der Waals surface area contributed by atoms with Crippen LogP contribution in [0.3, 0.4) is 0 Å². The van der Waals surface area contributed by atoms with Crippen LogP contribution < -0.4 is 0 Å². The van der Waals surface area contributed by atoms with Crippen molar-refractivity contribution in [3.8, 4) is 0 Å². The minimum absolute atomic E-state index is 0.00470. The number of alkyl halides is 3. The normalized spacial score (nSPS) is 21.0. The monoisotopic (exact) mass is 200 g/mol. The predicted molar refractivity (Wildman–Crippen MR) is 41.9 cm³/mol. The molecule has 1 rings (SSSR count). The second-order valence-electron chi connectivity index (χ2n) is 3.20. The minimum atomic E-state index is -4.12. The quantitative estimate of drug-likeness (QED) is 0.752. The van der Waals surface area contributed by atoms with E-state index < -0.39 is 5.51 Å². The van der Waals surface area contributed by atoms with Crippen LogP contribution in [0.2, 0.25) is 0 Å². The Morgan fingerprint density at radius 2 is 1.92 bits per heavy atom. The molecule has 0 saturated heterocycles. The molecule has 1 nitrogen and oxygen atoms in total. The molecule has 0 aliphatic heterocycles. The van der Waals surface area contributed by atoms with E-state index in [0.717, 1.165) is 12.8 Å². The molecule has 1 aliphatic rings. The fourth-order valence-corrected chi connectivity index (χ4v) is 1.81. The van der Waals surface area contributed by atoms with Crippen LogP contribution in [0, 0.1) is 5.41 Å². The largest absolute Gasteiger partial charge is 0.441 e. The van der Waals surface area contributed by atoms with Crippen LogP contribution in [-0.2, 0) is 0 Å². The van der Waals surface area contributed by atoms with E-state index in [9.17, 15) is 13.2 Å². The first-order chi connectivity index (χ1) is 5.47. The van der Waals surface area contributed by atoms with Gasteiger partial charge in [0.2, 0.25) is 0 Å². The lowest BCUT2D eigenvalue weighted by Gasteiger charge is -2.11. The molecule has 1 aliphatic carbocycles. The van der Waals surface area contributed by atoms with Crippen molar-refractivity contribution >= 4 is 11.8 Å². The second-order valence-corrected chi connectivity index (χ2v) is 4.36. The second kappa shape index (κ2) is 3.46. The van der Waals surface area contributed by atoms with Crippen LogP contribution in [0.5, 0.6) is 0 Å². The van der Waals surface area contributed by atoms with Crippen molar-refractivity contribution in [2.24, 2.45) is 5.41 Å². The van der Waals surface area contributed by atoms with Crippen LogP contribution in [0.4, 0.5) is 13.2 Å². The van der Waals surface area contributed by atoms with Crippen molar-refractivity contribution in [3.63, 3.8) is 0 Å². The molecule has 0 radical (unpaired) electrons. The highest BCUT2D eigenvalue weighted by molar-refractivity contribution is 8.00. The molecule has 5 heteroatoms. The molecular weight excluding hydrogens is 189 g/mol. The van der Waals surface area contributed by atoms with Gasteiger partial charge in [-0.2, -0.15) is 13.2 Å². The predicted octanol–water partition coefficient (Wildman–Crippen LogP) is 2.40. The van der Waals surface area contributed by atoms with Crippen LogP contribution >= 0.6 is 11.8 Å². The number of aliphatic hydroxyl groups is 1. The molecule has 12 heavy (non-hydrogen) atoms. The lowest BCUT2D eigenvalue weighted by atomic mass is 10.1. The van der Waals surface area contributed by atoms with E-state index in [2.05, 4.69) is 0 Å². The highest BCUT2D eigenvalue weighted by atomic mass is 32.2. The van der Waals surface area contributed by atoms with Gasteiger partial charge in [0.1, 0.15) is 0 Å². The maximum Gasteiger partial charge on any atom is 0.441 e. The molecule has 0 atom stereocenters. The first-order valence-electron chi connectivity index (χ1n) is 3.79. The molecule has 1 N–H and O–H groups in total. The third-order valence-electron chi connectivity index (χ3n) is 2.19. The number of rotatable bonds is 4. The summed E-state index contributed by atoms with van der Waals surface area (Å²) in [7, 11) is 0. The van der Waals surface area contributed by atoms with Crippen molar-refractivity contribution in [2.75, 3.05) is 12.4 Å². The van der Waals surface area contributed by atoms with Gasteiger partial charge in [-0.1, -0.05) is 11.8 Å². The lowest BCUT2D eigenvalue weighted by molar-refractivity contribution is -0.0328. The third kappa shape index (κ3) is 3.23. The van der Waals surface area contributed by atoms with Gasteiger partial charge in [0.15, 0.2) is 0 Å². The van der Waals surface area contributed by atoms with E-state index in [1.807, 2.05) is 0 Å². The van der Waals surface area contributed by atoms with E-state index in [0.29, 0.717) is 6.42 Å². The average Bonchev–Trinajstić information content (AvgIpc) is 2.67. The Hall–Kier alpha value is 0.100. The van der Waals surface area contributed by atoms with E-state index in [1.54, 1.807) is 0 Å². The maximum atomic E-state index is 11.7. The molecule has 0 heterocycles. The SMILES string of the molecule is OCC1(CCSC(F)(F)F)CC1. The smallest absolute Gasteiger partial charge is 0.396 e. The molecule has 1 fully saturated rings. The molecule has 1 saturated carbocycles. The zero-order chi connectivity index (χ0) is 9.24. The molecule has 0 aromatic heterocycles. The van der Waals surface area contributed by atoms with Gasteiger partial charge >= 0.3 is 5.51 Å². The first-order valence-corrected chi connectivity index (χ1v) is 4.78. The van der Waals surface area contributed by atoms with Gasteiger partial charge in [0.05, 0.1) is 0 Å². The summed E-state index contributed by atoms with van der Waals surface area (Å²) in [6.45, 7) is 0.0332. The van der Waals surface area contributed by atoms with Crippen LogP contribution in [0.1, 0.15) is 19.3 Å². The Labute approximate surface area is 73.3 Å². The van der Waals surface area contributed by atoms with Crippen LogP contribution in [0.15, 0.2) is 0 Å². The average molecular weight is 200 g/mol. The zero-order valence-corrected chi connectivity index (χ0v) is 7.34. The van der Waals surface area contributed by atoms with Crippen molar-refractivity contribution < 1.29 is 18.3 Å². The summed E-state index contributed by atoms with van der Waals surface area (Å²) in [6.07, 6.45) is 2.23. The number of aliphatic hydroxyl groups excluding tert-OH is 1. The Balaban J connectivity index is 2.10. The fraction of sp³-hybridized carbons (Fsp3) is 1.00. The molecule has 0 unspecified atom stereocenters. The van der Waals surface area contributed by atoms with Crippen molar-refractivity contribution in [2.45, 2.75) is 24.8 Å². The van der Waals surface area contributed by atoms with E-state index in [1.165, 1.54) is 0 Å². The molecular formula is C7H11F3OS. The molecule has 0 spiro atoms. The standard InChI is InChI=1S/C7H11F3OS/c8-7(9,10)12-4-3-6(5-11)1-2-6/h11H,1-5H2. The van der Waals surface area contributed by atoms with E-state index >= 15 is 0 Å². The number of hydrogen-bond donors (Lipinski definition) is 1. The molecule has 0 amide bonds. The van der Waals surface area contributed by atoms with Gasteiger partial charge in [-0.05, 0) is 24.7 Å². The summed E-state index contributed by atoms with van der Waals surface area (Å²) in [5.41, 5.74) is -4.27. The van der Waals surface area contributed by atoms with E-state index in [4.69, 9.17) is 5.11 Å². The van der Waals surface area contributed by atoms with Gasteiger partial charge in [0, 0.05) is 12.4 Å². The van der Waals surface area contributed by atoms with Crippen molar-refractivity contribution in [3.05, 3.63) is 0 Å². The van der Waals surface area contributed by atoms with Gasteiger partial charge in [0.25, 0.3) is 0 Å². The molecule has 0 aromatic carbocycles. The summed E-state index contributed by atoms with van der Waals surface area (Å²) in [5, 5.41) is 8.80. The van der Waals surface area contributed by atoms with Crippen molar-refractivity contribution in [1.29, 1.82) is 0 Å². The summed E-state index contributed by atoms with van der Waals surface area (Å²) < 4.78 is 35.0. The summed E-state index contributed by atoms with van der Waals surface area (Å²) in [6, 6.07) is 0. The lowest BCUT2D eigenvalue weighted by Crippen LogP contribution is -2.10. The molecule has 72 valence electrons. The highest BCUT2D eigenvalue weighted by Crippen LogP contribution is 2.49. The Bertz CT molecular complexity index is 153. The number of hydrogen-bond acceptors (Lipinski definition) is 2. The molecule has 0 bridgehead atoms. The molecule has 0 aromatic rings. The topological polar surface area (TPSA) is 20.2 Å². The Morgan fingerprint density at radius 3 is 2.25 bits per heavy atom. The van der Waals surface area contributed by atoms with Crippen LogP contribution in [-0.4, -0.2) is 23.0 Å². The maximum absolute atomic E-state index is 11.7. The van der Waals surface area contributed by atoms with Gasteiger partial charge in [-0.3, -0.25) is 0 Å². The number of thioether (sulfide) groups is 1. The zero-order valence-electron chi connectivity index (χ0n) is 6.52. The first kappa shape index (κ1) is 10.2. The van der Waals surface area contributed by atoms with Crippen LogP contribution in [0.25, 0.3) is 0 Å². The number of halogens is 3. The third-order valence-corrected chi connectivity index (χ3v) is 2.93.